The maximum atomic E-state index is 12.9. The van der Waals surface area contributed by atoms with E-state index in [0.29, 0.717) is 6.54 Å². The number of hydrogen-bond acceptors (Lipinski definition) is 3. The van der Waals surface area contributed by atoms with Gasteiger partial charge in [0.1, 0.15) is 0 Å². The Labute approximate surface area is 223 Å². The van der Waals surface area contributed by atoms with Crippen molar-refractivity contribution >= 4 is 12.0 Å². The number of piperidine rings is 1. The van der Waals surface area contributed by atoms with Gasteiger partial charge in [0.15, 0.2) is 0 Å². The number of likely N-dealkylation sites (tertiary alicyclic amines) is 1. The summed E-state index contributed by atoms with van der Waals surface area (Å²) in [6.45, 7) is 10.9. The monoisotopic (exact) mass is 535 g/mol. The number of aliphatic carboxylic acids is 1. The number of carbonyl (C=O) groups is 2. The number of urea groups is 1. The number of carboxylic acid groups (broad SMARTS) is 1. The molecule has 2 N–H and O–H groups in total. The average Bonchev–Trinajstić information content (AvgIpc) is 2.84. The zero-order chi connectivity index (χ0) is 28.2. The van der Waals surface area contributed by atoms with Crippen LogP contribution in [0.2, 0.25) is 0 Å². The Morgan fingerprint density at radius 1 is 0.947 bits per heavy atom. The van der Waals surface area contributed by atoms with Gasteiger partial charge in [0.25, 0.3) is 0 Å². The third-order valence-electron chi connectivity index (χ3n) is 6.20. The molecule has 0 radical (unpaired) electrons. The molecule has 2 aromatic carbocycles. The maximum absolute atomic E-state index is 12.9. The highest BCUT2D eigenvalue weighted by Crippen LogP contribution is 2.22. The molecule has 1 heterocycles. The normalized spacial score (nSPS) is 14.8. The first kappa shape index (κ1) is 31.1. The fourth-order valence-electron chi connectivity index (χ4n) is 4.30. The number of nitrogens with zero attached hydrogens (tertiary/aromatic N) is 2. The Morgan fingerprint density at radius 2 is 1.45 bits per heavy atom. The van der Waals surface area contributed by atoms with Crippen LogP contribution in [0.15, 0.2) is 60.7 Å². The number of rotatable bonds is 8. The maximum Gasteiger partial charge on any atom is 0.490 e. The van der Waals surface area contributed by atoms with Crippen LogP contribution in [0.4, 0.5) is 18.0 Å². The van der Waals surface area contributed by atoms with Gasteiger partial charge in [-0.3, -0.25) is 0 Å². The molecule has 0 saturated carbocycles. The van der Waals surface area contributed by atoms with E-state index in [1.165, 1.54) is 43.5 Å². The smallest absolute Gasteiger partial charge is 0.475 e. The minimum atomic E-state index is -5.08. The predicted octanol–water partition coefficient (Wildman–Crippen LogP) is 5.97. The van der Waals surface area contributed by atoms with Crippen molar-refractivity contribution in [1.29, 1.82) is 0 Å². The van der Waals surface area contributed by atoms with E-state index < -0.39 is 12.1 Å². The van der Waals surface area contributed by atoms with Crippen molar-refractivity contribution in [3.63, 3.8) is 0 Å². The summed E-state index contributed by atoms with van der Waals surface area (Å²) in [5, 5.41) is 10.3. The fourth-order valence-corrected chi connectivity index (χ4v) is 4.30. The first-order valence-electron chi connectivity index (χ1n) is 13.0. The molecule has 6 nitrogen and oxygen atoms in total. The van der Waals surface area contributed by atoms with Crippen LogP contribution in [0, 0.1) is 5.92 Å². The number of halogens is 3. The fraction of sp³-hybridized carbons (Fsp3) is 0.517. The van der Waals surface area contributed by atoms with Crippen molar-refractivity contribution in [2.45, 2.75) is 64.7 Å². The third-order valence-corrected chi connectivity index (χ3v) is 6.20. The Kier molecular flexibility index (Phi) is 12.1. The highest BCUT2D eigenvalue weighted by atomic mass is 19.4. The number of amides is 2. The van der Waals surface area contributed by atoms with Crippen LogP contribution in [0.3, 0.4) is 0 Å². The summed E-state index contributed by atoms with van der Waals surface area (Å²) >= 11 is 0. The van der Waals surface area contributed by atoms with Gasteiger partial charge in [-0.15, -0.1) is 0 Å². The topological polar surface area (TPSA) is 72.9 Å². The lowest BCUT2D eigenvalue weighted by atomic mass is 9.90. The molecular weight excluding hydrogens is 495 g/mol. The molecule has 1 aliphatic rings. The summed E-state index contributed by atoms with van der Waals surface area (Å²) in [4.78, 5) is 26.3. The summed E-state index contributed by atoms with van der Waals surface area (Å²) in [6.07, 6.45) is -0.333. The van der Waals surface area contributed by atoms with Crippen LogP contribution in [0.5, 0.6) is 0 Å². The number of nitrogens with one attached hydrogen (secondary N) is 1. The lowest BCUT2D eigenvalue weighted by Crippen LogP contribution is -2.48. The largest absolute Gasteiger partial charge is 0.490 e. The quantitative estimate of drug-likeness (QED) is 0.437. The van der Waals surface area contributed by atoms with Gasteiger partial charge in [-0.1, -0.05) is 60.7 Å². The van der Waals surface area contributed by atoms with Crippen molar-refractivity contribution in [3.05, 3.63) is 71.8 Å². The molecule has 1 aliphatic heterocycles. The van der Waals surface area contributed by atoms with Gasteiger partial charge in [0.05, 0.1) is 0 Å². The molecule has 38 heavy (non-hydrogen) atoms. The number of benzene rings is 2. The first-order valence-corrected chi connectivity index (χ1v) is 13.0. The second-order valence-corrected chi connectivity index (χ2v) is 10.7. The Morgan fingerprint density at radius 3 is 1.92 bits per heavy atom. The van der Waals surface area contributed by atoms with Crippen molar-refractivity contribution in [3.8, 4) is 0 Å². The van der Waals surface area contributed by atoms with E-state index in [4.69, 9.17) is 9.90 Å². The van der Waals surface area contributed by atoms with E-state index in [1.807, 2.05) is 43.9 Å². The minimum absolute atomic E-state index is 0.0259. The molecule has 2 amide bonds. The van der Waals surface area contributed by atoms with Gasteiger partial charge in [0, 0.05) is 18.6 Å². The Bertz CT molecular complexity index is 971. The molecule has 9 heteroatoms. The number of alkyl halides is 3. The molecule has 3 rings (SSSR count). The van der Waals surface area contributed by atoms with Crippen LogP contribution in [0.25, 0.3) is 0 Å². The standard InChI is InChI=1S/C27H39N3O.C2HF3O2/c1-27(2,3)28-26(31)30(22-25-13-8-5-9-14-25)18-10-17-29-19-15-24(16-20-29)21-23-11-6-4-7-12-23;3-2(4,5)1(6)7/h4-9,11-14,24H,10,15-22H2,1-3H3,(H,28,31);(H,6,7). The summed E-state index contributed by atoms with van der Waals surface area (Å²) in [5.41, 5.74) is 2.41. The van der Waals surface area contributed by atoms with Crippen LogP contribution < -0.4 is 5.32 Å². The summed E-state index contributed by atoms with van der Waals surface area (Å²) in [6, 6.07) is 21.2. The van der Waals surface area contributed by atoms with Gasteiger partial charge < -0.3 is 20.2 Å². The SMILES string of the molecule is CC(C)(C)NC(=O)N(CCCN1CCC(Cc2ccccc2)CC1)Cc1ccccc1.O=C(O)C(F)(F)F. The lowest BCUT2D eigenvalue weighted by molar-refractivity contribution is -0.192. The van der Waals surface area contributed by atoms with Crippen molar-refractivity contribution in [1.82, 2.24) is 15.1 Å². The summed E-state index contributed by atoms with van der Waals surface area (Å²) < 4.78 is 31.7. The van der Waals surface area contributed by atoms with E-state index in [-0.39, 0.29) is 11.6 Å². The number of hydrogen-bond donors (Lipinski definition) is 2. The van der Waals surface area contributed by atoms with Crippen molar-refractivity contribution < 1.29 is 27.9 Å². The van der Waals surface area contributed by atoms with E-state index in [1.54, 1.807) is 0 Å². The molecule has 0 unspecified atom stereocenters. The van der Waals surface area contributed by atoms with E-state index in [0.717, 1.165) is 25.4 Å². The molecule has 210 valence electrons. The van der Waals surface area contributed by atoms with E-state index in [9.17, 15) is 18.0 Å². The second-order valence-electron chi connectivity index (χ2n) is 10.7. The summed E-state index contributed by atoms with van der Waals surface area (Å²) in [5.74, 6) is -1.96. The average molecular weight is 536 g/mol. The second kappa shape index (κ2) is 14.8. The van der Waals surface area contributed by atoms with Crippen LogP contribution in [0.1, 0.15) is 51.2 Å². The Balaban J connectivity index is 0.000000638. The number of carboxylic acids is 1. The molecule has 1 fully saturated rings. The third kappa shape index (κ3) is 12.4. The van der Waals surface area contributed by atoms with Crippen LogP contribution in [-0.2, 0) is 17.8 Å². The minimum Gasteiger partial charge on any atom is -0.475 e. The number of carbonyl (C=O) groups excluding carboxylic acids is 1. The predicted molar refractivity (Wildman–Crippen MR) is 143 cm³/mol. The van der Waals surface area contributed by atoms with Gasteiger partial charge in [0.2, 0.25) is 0 Å². The van der Waals surface area contributed by atoms with Crippen LogP contribution in [-0.4, -0.2) is 64.8 Å². The highest BCUT2D eigenvalue weighted by molar-refractivity contribution is 5.75. The summed E-state index contributed by atoms with van der Waals surface area (Å²) in [7, 11) is 0. The van der Waals surface area contributed by atoms with Gasteiger partial charge in [-0.25, -0.2) is 9.59 Å². The van der Waals surface area contributed by atoms with Crippen LogP contribution >= 0.6 is 0 Å². The Hall–Kier alpha value is -3.07. The van der Waals surface area contributed by atoms with Gasteiger partial charge in [-0.05, 0) is 83.1 Å². The van der Waals surface area contributed by atoms with Gasteiger partial charge >= 0.3 is 18.2 Å². The molecule has 0 spiro atoms. The molecule has 0 aromatic heterocycles. The lowest BCUT2D eigenvalue weighted by Gasteiger charge is -2.33. The first-order chi connectivity index (χ1) is 17.8. The molecule has 0 bridgehead atoms. The van der Waals surface area contributed by atoms with Crippen molar-refractivity contribution in [2.75, 3.05) is 26.2 Å². The molecule has 0 atom stereocenters. The molecule has 0 aliphatic carbocycles. The molecule has 2 aromatic rings. The van der Waals surface area contributed by atoms with Crippen molar-refractivity contribution in [2.24, 2.45) is 5.92 Å². The van der Waals surface area contributed by atoms with Gasteiger partial charge in [-0.2, -0.15) is 13.2 Å². The molecular formula is C29H40F3N3O3. The van der Waals surface area contributed by atoms with E-state index >= 15 is 0 Å². The highest BCUT2D eigenvalue weighted by Gasteiger charge is 2.38. The zero-order valence-corrected chi connectivity index (χ0v) is 22.5. The van der Waals surface area contributed by atoms with E-state index in [2.05, 4.69) is 52.7 Å². The molecule has 1 saturated heterocycles. The zero-order valence-electron chi connectivity index (χ0n) is 22.5.